The molecule has 0 aliphatic carbocycles. The molecule has 0 aliphatic heterocycles. The van der Waals surface area contributed by atoms with E-state index in [4.69, 9.17) is 0 Å². The molecule has 0 fully saturated rings. The molecule has 2 N–H and O–H groups in total. The van der Waals surface area contributed by atoms with Crippen molar-refractivity contribution >= 4 is 22.7 Å². The van der Waals surface area contributed by atoms with Gasteiger partial charge in [0.05, 0.1) is 0 Å². The Hall–Kier alpha value is -2.74. The van der Waals surface area contributed by atoms with Crippen molar-refractivity contribution in [2.75, 3.05) is 10.6 Å². The Morgan fingerprint density at radius 1 is 0.533 bits per heavy atom. The Bertz CT molecular complexity index is 887. The molecule has 0 aliphatic rings. The maximum absolute atomic E-state index is 3.54. The molecular weight excluding hydrogens is 364 g/mol. The van der Waals surface area contributed by atoms with Crippen LogP contribution in [0.5, 0.6) is 0 Å². The summed E-state index contributed by atoms with van der Waals surface area (Å²) < 4.78 is 0. The second-order valence-corrected chi connectivity index (χ2v) is 9.46. The third kappa shape index (κ3) is 5.24. The zero-order valence-electron chi connectivity index (χ0n) is 19.3. The van der Waals surface area contributed by atoms with Crippen molar-refractivity contribution in [3.05, 3.63) is 83.9 Å². The van der Waals surface area contributed by atoms with Crippen LogP contribution in [0.2, 0.25) is 0 Å². The van der Waals surface area contributed by atoms with E-state index < -0.39 is 0 Å². The Morgan fingerprint density at radius 3 is 1.23 bits per heavy atom. The Balaban J connectivity index is 1.71. The standard InChI is InChI=1S/C28H36N2/c1-7-27(3,4)21-11-9-13-25(19-21)29-23-15-17-24(18-16-23)30-26-14-10-12-22(20-26)28(5,6)8-2/h9-20,29-30H,7-8H2,1-6H3. The van der Waals surface area contributed by atoms with Crippen molar-refractivity contribution in [3.63, 3.8) is 0 Å². The summed E-state index contributed by atoms with van der Waals surface area (Å²) in [6.07, 6.45) is 2.24. The van der Waals surface area contributed by atoms with Crippen molar-refractivity contribution in [3.8, 4) is 0 Å². The van der Waals surface area contributed by atoms with Crippen LogP contribution in [0.4, 0.5) is 22.7 Å². The molecule has 0 bridgehead atoms. The van der Waals surface area contributed by atoms with E-state index in [2.05, 4.69) is 125 Å². The summed E-state index contributed by atoms with van der Waals surface area (Å²) in [6, 6.07) is 26.0. The van der Waals surface area contributed by atoms with Gasteiger partial charge in [0.15, 0.2) is 0 Å². The fourth-order valence-electron chi connectivity index (χ4n) is 3.41. The topological polar surface area (TPSA) is 24.1 Å². The summed E-state index contributed by atoms with van der Waals surface area (Å²) in [4.78, 5) is 0. The van der Waals surface area contributed by atoms with E-state index in [0.29, 0.717) is 0 Å². The molecule has 0 atom stereocenters. The van der Waals surface area contributed by atoms with Gasteiger partial charge in [-0.15, -0.1) is 0 Å². The van der Waals surface area contributed by atoms with Crippen LogP contribution in [0.15, 0.2) is 72.8 Å². The van der Waals surface area contributed by atoms with E-state index in [-0.39, 0.29) is 10.8 Å². The van der Waals surface area contributed by atoms with E-state index >= 15 is 0 Å². The van der Waals surface area contributed by atoms with Crippen LogP contribution in [0.25, 0.3) is 0 Å². The molecule has 2 nitrogen and oxygen atoms in total. The second kappa shape index (κ2) is 8.95. The van der Waals surface area contributed by atoms with Crippen LogP contribution in [0.3, 0.4) is 0 Å². The minimum absolute atomic E-state index is 0.187. The summed E-state index contributed by atoms with van der Waals surface area (Å²) in [7, 11) is 0. The molecule has 2 heteroatoms. The third-order valence-corrected chi connectivity index (χ3v) is 6.52. The van der Waals surface area contributed by atoms with Crippen LogP contribution >= 0.6 is 0 Å². The minimum atomic E-state index is 0.187. The van der Waals surface area contributed by atoms with Gasteiger partial charge in [-0.3, -0.25) is 0 Å². The maximum atomic E-state index is 3.54. The van der Waals surface area contributed by atoms with Gasteiger partial charge in [0.1, 0.15) is 0 Å². The third-order valence-electron chi connectivity index (χ3n) is 6.52. The molecule has 3 aromatic rings. The second-order valence-electron chi connectivity index (χ2n) is 9.46. The van der Waals surface area contributed by atoms with Crippen molar-refractivity contribution < 1.29 is 0 Å². The first-order valence-corrected chi connectivity index (χ1v) is 11.1. The predicted octanol–water partition coefficient (Wildman–Crippen LogP) is 8.55. The molecule has 158 valence electrons. The van der Waals surface area contributed by atoms with Crippen LogP contribution in [-0.4, -0.2) is 0 Å². The Kier molecular flexibility index (Phi) is 6.55. The number of anilines is 4. The number of hydrogen-bond donors (Lipinski definition) is 2. The molecule has 30 heavy (non-hydrogen) atoms. The highest BCUT2D eigenvalue weighted by Crippen LogP contribution is 2.31. The van der Waals surface area contributed by atoms with E-state index in [9.17, 15) is 0 Å². The van der Waals surface area contributed by atoms with Gasteiger partial charge >= 0.3 is 0 Å². The molecule has 0 aromatic heterocycles. The summed E-state index contributed by atoms with van der Waals surface area (Å²) in [5, 5.41) is 7.08. The van der Waals surface area contributed by atoms with Gasteiger partial charge in [0.2, 0.25) is 0 Å². The van der Waals surface area contributed by atoms with Gasteiger partial charge in [0.25, 0.3) is 0 Å². The van der Waals surface area contributed by atoms with Crippen molar-refractivity contribution in [1.82, 2.24) is 0 Å². The molecular formula is C28H36N2. The predicted molar refractivity (Wildman–Crippen MR) is 133 cm³/mol. The highest BCUT2D eigenvalue weighted by molar-refractivity contribution is 5.66. The molecule has 0 amide bonds. The monoisotopic (exact) mass is 400 g/mol. The molecule has 0 saturated heterocycles. The molecule has 0 heterocycles. The van der Waals surface area contributed by atoms with Crippen LogP contribution in [0, 0.1) is 0 Å². The van der Waals surface area contributed by atoms with Gasteiger partial charge in [-0.05, 0) is 83.3 Å². The van der Waals surface area contributed by atoms with Gasteiger partial charge < -0.3 is 10.6 Å². The lowest BCUT2D eigenvalue weighted by molar-refractivity contribution is 0.506. The fourth-order valence-corrected chi connectivity index (χ4v) is 3.41. The first-order chi connectivity index (χ1) is 14.2. The van der Waals surface area contributed by atoms with Crippen LogP contribution in [0.1, 0.15) is 65.5 Å². The van der Waals surface area contributed by atoms with Crippen LogP contribution < -0.4 is 10.6 Å². The Labute approximate surface area is 182 Å². The molecule has 0 spiro atoms. The van der Waals surface area contributed by atoms with Gasteiger partial charge in [-0.2, -0.15) is 0 Å². The number of nitrogens with one attached hydrogen (secondary N) is 2. The first-order valence-electron chi connectivity index (χ1n) is 11.1. The minimum Gasteiger partial charge on any atom is -0.356 e. The smallest absolute Gasteiger partial charge is 0.0387 e. The highest BCUT2D eigenvalue weighted by atomic mass is 14.9. The summed E-state index contributed by atoms with van der Waals surface area (Å²) >= 11 is 0. The molecule has 3 aromatic carbocycles. The van der Waals surface area contributed by atoms with E-state index in [1.54, 1.807) is 0 Å². The number of benzene rings is 3. The zero-order chi connectivity index (χ0) is 21.8. The van der Waals surface area contributed by atoms with Crippen LogP contribution in [-0.2, 0) is 10.8 Å². The van der Waals surface area contributed by atoms with Gasteiger partial charge in [-0.1, -0.05) is 65.8 Å². The molecule has 0 radical (unpaired) electrons. The lowest BCUT2D eigenvalue weighted by Gasteiger charge is -2.24. The maximum Gasteiger partial charge on any atom is 0.0387 e. The Morgan fingerprint density at radius 2 is 0.900 bits per heavy atom. The summed E-state index contributed by atoms with van der Waals surface area (Å²) in [5.41, 5.74) is 7.54. The van der Waals surface area contributed by atoms with Crippen molar-refractivity contribution in [2.24, 2.45) is 0 Å². The molecule has 0 saturated carbocycles. The summed E-state index contributed by atoms with van der Waals surface area (Å²) in [6.45, 7) is 13.7. The molecule has 0 unspecified atom stereocenters. The van der Waals surface area contributed by atoms with E-state index in [1.165, 1.54) is 11.1 Å². The quantitative estimate of drug-likeness (QED) is 0.396. The lowest BCUT2D eigenvalue weighted by atomic mass is 9.82. The van der Waals surface area contributed by atoms with Gasteiger partial charge in [0, 0.05) is 22.7 Å². The fraction of sp³-hybridized carbons (Fsp3) is 0.357. The average Bonchev–Trinajstić information content (AvgIpc) is 2.75. The van der Waals surface area contributed by atoms with Gasteiger partial charge in [-0.25, -0.2) is 0 Å². The van der Waals surface area contributed by atoms with Crippen molar-refractivity contribution in [2.45, 2.75) is 65.2 Å². The van der Waals surface area contributed by atoms with Crippen molar-refractivity contribution in [1.29, 1.82) is 0 Å². The molecule has 3 rings (SSSR count). The van der Waals surface area contributed by atoms with E-state index in [0.717, 1.165) is 35.6 Å². The zero-order valence-corrected chi connectivity index (χ0v) is 19.3. The van der Waals surface area contributed by atoms with E-state index in [1.807, 2.05) is 0 Å². The average molecular weight is 401 g/mol. The normalized spacial score (nSPS) is 11.9. The largest absolute Gasteiger partial charge is 0.356 e. The number of rotatable bonds is 8. The highest BCUT2D eigenvalue weighted by Gasteiger charge is 2.19. The first kappa shape index (κ1) is 22.0. The summed E-state index contributed by atoms with van der Waals surface area (Å²) in [5.74, 6) is 0. The SMILES string of the molecule is CCC(C)(C)c1cccc(Nc2ccc(Nc3cccc(C(C)(C)CC)c3)cc2)c1. The number of hydrogen-bond acceptors (Lipinski definition) is 2. The lowest BCUT2D eigenvalue weighted by Crippen LogP contribution is -2.15.